The molecule has 3 heteroatoms. The fourth-order valence-corrected chi connectivity index (χ4v) is 3.94. The van der Waals surface area contributed by atoms with Gasteiger partial charge in [-0.3, -0.25) is 0 Å². The molecule has 1 saturated heterocycles. The van der Waals surface area contributed by atoms with Crippen molar-refractivity contribution < 1.29 is 0 Å². The Kier molecular flexibility index (Phi) is 3.30. The Morgan fingerprint density at radius 2 is 2.06 bits per heavy atom. The molecular formula is C15H17BrN2. The molecule has 1 heterocycles. The molecular weight excluding hydrogens is 288 g/mol. The smallest absolute Gasteiger partial charge is 0.101 e. The van der Waals surface area contributed by atoms with Gasteiger partial charge in [0, 0.05) is 17.1 Å². The number of rotatable bonds is 1. The molecule has 1 aliphatic carbocycles. The highest BCUT2D eigenvalue weighted by atomic mass is 79.9. The van der Waals surface area contributed by atoms with Crippen molar-refractivity contribution >= 4 is 21.6 Å². The van der Waals surface area contributed by atoms with Crippen molar-refractivity contribution in [2.75, 3.05) is 11.4 Å². The lowest BCUT2D eigenvalue weighted by Crippen LogP contribution is -2.43. The summed E-state index contributed by atoms with van der Waals surface area (Å²) in [5.41, 5.74) is 1.94. The van der Waals surface area contributed by atoms with Crippen LogP contribution in [0.1, 0.15) is 37.7 Å². The van der Waals surface area contributed by atoms with Gasteiger partial charge in [0.1, 0.15) is 6.07 Å². The number of nitrogens with zero attached hydrogens (tertiary/aromatic N) is 2. The highest BCUT2D eigenvalue weighted by molar-refractivity contribution is 9.10. The molecule has 94 valence electrons. The van der Waals surface area contributed by atoms with Gasteiger partial charge in [0.05, 0.1) is 11.3 Å². The second-order valence-corrected chi connectivity index (χ2v) is 6.28. The first-order chi connectivity index (χ1) is 8.79. The fourth-order valence-electron chi connectivity index (χ4n) is 3.59. The molecule has 0 amide bonds. The van der Waals surface area contributed by atoms with Crippen LogP contribution in [0.3, 0.4) is 0 Å². The molecule has 2 atom stereocenters. The van der Waals surface area contributed by atoms with Gasteiger partial charge < -0.3 is 4.90 Å². The average molecular weight is 305 g/mol. The normalized spacial score (nSPS) is 26.8. The van der Waals surface area contributed by atoms with E-state index >= 15 is 0 Å². The van der Waals surface area contributed by atoms with Crippen molar-refractivity contribution in [2.45, 2.75) is 38.1 Å². The van der Waals surface area contributed by atoms with Crippen LogP contribution in [0.4, 0.5) is 5.69 Å². The summed E-state index contributed by atoms with van der Waals surface area (Å²) >= 11 is 3.53. The summed E-state index contributed by atoms with van der Waals surface area (Å²) in [5, 5.41) is 9.29. The van der Waals surface area contributed by atoms with Gasteiger partial charge in [0.2, 0.25) is 0 Å². The molecule has 18 heavy (non-hydrogen) atoms. The molecule has 1 aliphatic heterocycles. The Morgan fingerprint density at radius 3 is 2.89 bits per heavy atom. The van der Waals surface area contributed by atoms with Crippen molar-refractivity contribution in [3.05, 3.63) is 28.2 Å². The molecule has 0 radical (unpaired) electrons. The quantitative estimate of drug-likeness (QED) is 0.781. The number of hydrogen-bond donors (Lipinski definition) is 0. The lowest BCUT2D eigenvalue weighted by Gasteiger charge is -2.40. The van der Waals surface area contributed by atoms with Crippen molar-refractivity contribution in [2.24, 2.45) is 5.92 Å². The van der Waals surface area contributed by atoms with E-state index < -0.39 is 0 Å². The van der Waals surface area contributed by atoms with Crippen molar-refractivity contribution in [3.63, 3.8) is 0 Å². The third-order valence-electron chi connectivity index (χ3n) is 4.38. The third kappa shape index (κ3) is 2.03. The number of anilines is 1. The minimum atomic E-state index is 0.667. The van der Waals surface area contributed by atoms with Crippen LogP contribution < -0.4 is 4.90 Å². The zero-order valence-electron chi connectivity index (χ0n) is 10.4. The maximum Gasteiger partial charge on any atom is 0.101 e. The lowest BCUT2D eigenvalue weighted by atomic mass is 9.91. The van der Waals surface area contributed by atoms with E-state index in [0.29, 0.717) is 6.04 Å². The first-order valence-electron chi connectivity index (χ1n) is 6.76. The van der Waals surface area contributed by atoms with Crippen LogP contribution in [0.5, 0.6) is 0 Å². The monoisotopic (exact) mass is 304 g/mol. The minimum Gasteiger partial charge on any atom is -0.367 e. The largest absolute Gasteiger partial charge is 0.367 e. The van der Waals surface area contributed by atoms with E-state index in [1.807, 2.05) is 12.1 Å². The summed E-state index contributed by atoms with van der Waals surface area (Å²) in [4.78, 5) is 2.49. The third-order valence-corrected chi connectivity index (χ3v) is 4.88. The molecule has 1 saturated carbocycles. The Morgan fingerprint density at radius 1 is 1.22 bits per heavy atom. The molecule has 0 bridgehead atoms. The molecule has 1 aromatic carbocycles. The number of benzene rings is 1. The Bertz CT molecular complexity index is 492. The van der Waals surface area contributed by atoms with Crippen molar-refractivity contribution in [3.8, 4) is 6.07 Å². The highest BCUT2D eigenvalue weighted by Crippen LogP contribution is 2.40. The van der Waals surface area contributed by atoms with Gasteiger partial charge >= 0.3 is 0 Å². The van der Waals surface area contributed by atoms with Crippen LogP contribution >= 0.6 is 15.9 Å². The number of nitriles is 1. The lowest BCUT2D eigenvalue weighted by molar-refractivity contribution is 0.362. The van der Waals surface area contributed by atoms with Gasteiger partial charge in [0.15, 0.2) is 0 Å². The zero-order chi connectivity index (χ0) is 12.5. The molecule has 2 fully saturated rings. The van der Waals surface area contributed by atoms with Gasteiger partial charge in [-0.15, -0.1) is 0 Å². The summed E-state index contributed by atoms with van der Waals surface area (Å²) in [6.45, 7) is 1.10. The van der Waals surface area contributed by atoms with E-state index in [4.69, 9.17) is 0 Å². The zero-order valence-corrected chi connectivity index (χ0v) is 12.0. The molecule has 2 nitrogen and oxygen atoms in total. The molecule has 2 aliphatic rings. The topological polar surface area (TPSA) is 27.0 Å². The second-order valence-electron chi connectivity index (χ2n) is 5.37. The highest BCUT2D eigenvalue weighted by Gasteiger charge is 2.35. The Hall–Kier alpha value is -1.01. The van der Waals surface area contributed by atoms with Crippen LogP contribution in [0.2, 0.25) is 0 Å². The Balaban J connectivity index is 1.98. The van der Waals surface area contributed by atoms with Crippen LogP contribution in [-0.2, 0) is 0 Å². The number of hydrogen-bond acceptors (Lipinski definition) is 2. The summed E-state index contributed by atoms with van der Waals surface area (Å²) < 4.78 is 1.07. The van der Waals surface area contributed by atoms with Gasteiger partial charge in [-0.25, -0.2) is 0 Å². The van der Waals surface area contributed by atoms with E-state index in [2.05, 4.69) is 33.0 Å². The van der Waals surface area contributed by atoms with Crippen molar-refractivity contribution in [1.82, 2.24) is 0 Å². The summed E-state index contributed by atoms with van der Waals surface area (Å²) in [7, 11) is 0. The van der Waals surface area contributed by atoms with E-state index in [9.17, 15) is 5.26 Å². The average Bonchev–Trinajstić information content (AvgIpc) is 2.86. The van der Waals surface area contributed by atoms with E-state index in [-0.39, 0.29) is 0 Å². The van der Waals surface area contributed by atoms with E-state index in [0.717, 1.165) is 28.2 Å². The standard InChI is InChI=1S/C15H17BrN2/c16-13-7-6-12(10-17)15(9-13)18-8-2-4-11-3-1-5-14(11)18/h6-7,9,11,14H,1-5,8H2. The molecule has 0 N–H and O–H groups in total. The molecule has 1 aromatic rings. The van der Waals surface area contributed by atoms with Crippen LogP contribution in [0.15, 0.2) is 22.7 Å². The van der Waals surface area contributed by atoms with E-state index in [1.165, 1.54) is 32.1 Å². The predicted molar refractivity (Wildman–Crippen MR) is 76.6 cm³/mol. The van der Waals surface area contributed by atoms with Crippen molar-refractivity contribution in [1.29, 1.82) is 5.26 Å². The molecule has 3 rings (SSSR count). The number of fused-ring (bicyclic) bond motifs is 1. The molecule has 0 spiro atoms. The minimum absolute atomic E-state index is 0.667. The number of piperidine rings is 1. The van der Waals surface area contributed by atoms with Gasteiger partial charge in [-0.2, -0.15) is 5.26 Å². The predicted octanol–water partition coefficient (Wildman–Crippen LogP) is 4.09. The maximum atomic E-state index is 9.29. The molecule has 0 aromatic heterocycles. The second kappa shape index (κ2) is 4.93. The number of halogens is 1. The first-order valence-corrected chi connectivity index (χ1v) is 7.55. The van der Waals surface area contributed by atoms with Gasteiger partial charge in [0.25, 0.3) is 0 Å². The van der Waals surface area contributed by atoms with Crippen LogP contribution in [0.25, 0.3) is 0 Å². The van der Waals surface area contributed by atoms with Gasteiger partial charge in [-0.1, -0.05) is 22.4 Å². The van der Waals surface area contributed by atoms with Gasteiger partial charge in [-0.05, 0) is 49.8 Å². The summed E-state index contributed by atoms with van der Waals surface area (Å²) in [6, 6.07) is 9.00. The van der Waals surface area contributed by atoms with Crippen LogP contribution in [-0.4, -0.2) is 12.6 Å². The summed E-state index contributed by atoms with van der Waals surface area (Å²) in [5.74, 6) is 0.851. The SMILES string of the molecule is N#Cc1ccc(Br)cc1N1CCCC2CCCC21. The fraction of sp³-hybridized carbons (Fsp3) is 0.533. The first kappa shape index (κ1) is 12.0. The van der Waals surface area contributed by atoms with Crippen LogP contribution in [0, 0.1) is 17.2 Å². The molecule has 2 unspecified atom stereocenters. The van der Waals surface area contributed by atoms with E-state index in [1.54, 1.807) is 0 Å². The summed E-state index contributed by atoms with van der Waals surface area (Å²) in [6.07, 6.45) is 6.65. The Labute approximate surface area is 117 Å². The maximum absolute atomic E-state index is 9.29.